The maximum Gasteiger partial charge on any atom is 0.300 e. The third-order valence-corrected chi connectivity index (χ3v) is 5.89. The molecule has 0 aliphatic carbocycles. The van der Waals surface area contributed by atoms with E-state index in [1.54, 1.807) is 30.3 Å². The molecule has 2 unspecified atom stereocenters. The molecular weight excluding hydrogens is 425 g/mol. The number of rotatable bonds is 3. The second-order valence-electron chi connectivity index (χ2n) is 8.20. The zero-order valence-electron chi connectivity index (χ0n) is 17.7. The molecule has 1 fully saturated rings. The number of ether oxygens (including phenoxy) is 1. The first-order valence-electron chi connectivity index (χ1n) is 10.5. The van der Waals surface area contributed by atoms with Gasteiger partial charge in [0.05, 0.1) is 11.6 Å². The number of hydrogen-bond donors (Lipinski definition) is 2. The first-order valence-corrected chi connectivity index (χ1v) is 10.5. The Labute approximate surface area is 189 Å². The van der Waals surface area contributed by atoms with Crippen LogP contribution < -0.4 is 9.64 Å². The molecule has 5 rings (SSSR count). The molecule has 3 aromatic rings. The molecule has 1 amide bonds. The second kappa shape index (κ2) is 7.78. The zero-order chi connectivity index (χ0) is 23.3. The van der Waals surface area contributed by atoms with Crippen LogP contribution in [0.4, 0.5) is 10.1 Å². The minimum Gasteiger partial charge on any atom is -0.508 e. The molecule has 0 saturated carbocycles. The normalized spacial score (nSPS) is 21.2. The van der Waals surface area contributed by atoms with Gasteiger partial charge in [-0.05, 0) is 66.6 Å². The number of phenolic OH excluding ortho intramolecular Hbond substituents is 1. The van der Waals surface area contributed by atoms with Gasteiger partial charge in [-0.25, -0.2) is 4.39 Å². The Morgan fingerprint density at radius 1 is 1.06 bits per heavy atom. The number of aliphatic hydroxyl groups excluding tert-OH is 1. The fraction of sp³-hybridized carbons (Fsp3) is 0.154. The summed E-state index contributed by atoms with van der Waals surface area (Å²) < 4.78 is 19.7. The quantitative estimate of drug-likeness (QED) is 0.353. The molecule has 166 valence electrons. The SMILES string of the molecule is CC1Cc2cc(/C(O)=C3/C(=O)C(=O)N(c4cccc(F)c4)C3c3cccc(O)c3)ccc2O1. The van der Waals surface area contributed by atoms with Crippen LogP contribution in [-0.2, 0) is 16.0 Å². The number of aliphatic hydroxyl groups is 1. The van der Waals surface area contributed by atoms with Crippen molar-refractivity contribution in [3.05, 3.63) is 94.8 Å². The minimum atomic E-state index is -1.05. The Morgan fingerprint density at radius 2 is 1.85 bits per heavy atom. The predicted molar refractivity (Wildman–Crippen MR) is 120 cm³/mol. The highest BCUT2D eigenvalue weighted by Crippen LogP contribution is 2.43. The van der Waals surface area contributed by atoms with Crippen LogP contribution in [0, 0.1) is 5.82 Å². The lowest BCUT2D eigenvalue weighted by atomic mass is 9.94. The maximum atomic E-state index is 14.0. The van der Waals surface area contributed by atoms with Gasteiger partial charge in [-0.1, -0.05) is 18.2 Å². The fourth-order valence-corrected chi connectivity index (χ4v) is 4.46. The van der Waals surface area contributed by atoms with Gasteiger partial charge in [0, 0.05) is 17.7 Å². The molecule has 1 saturated heterocycles. The number of fused-ring (bicyclic) bond motifs is 1. The number of carbonyl (C=O) groups is 2. The van der Waals surface area contributed by atoms with Crippen molar-refractivity contribution in [2.75, 3.05) is 4.90 Å². The smallest absolute Gasteiger partial charge is 0.300 e. The molecule has 2 aliphatic rings. The van der Waals surface area contributed by atoms with E-state index < -0.39 is 23.5 Å². The molecule has 3 aromatic carbocycles. The Morgan fingerprint density at radius 3 is 2.61 bits per heavy atom. The molecule has 2 N–H and O–H groups in total. The minimum absolute atomic E-state index is 0.00301. The lowest BCUT2D eigenvalue weighted by Crippen LogP contribution is -2.29. The van der Waals surface area contributed by atoms with Crippen molar-refractivity contribution in [3.63, 3.8) is 0 Å². The van der Waals surface area contributed by atoms with Gasteiger partial charge in [-0.3, -0.25) is 14.5 Å². The number of phenols is 1. The molecule has 7 heteroatoms. The van der Waals surface area contributed by atoms with E-state index in [9.17, 15) is 24.2 Å². The monoisotopic (exact) mass is 445 g/mol. The number of carbonyl (C=O) groups excluding carboxylic acids is 2. The Hall–Kier alpha value is -4.13. The maximum absolute atomic E-state index is 14.0. The predicted octanol–water partition coefficient (Wildman–Crippen LogP) is 4.48. The molecule has 2 atom stereocenters. The van der Waals surface area contributed by atoms with Crippen LogP contribution in [0.2, 0.25) is 0 Å². The van der Waals surface area contributed by atoms with Crippen molar-refractivity contribution in [2.24, 2.45) is 0 Å². The lowest BCUT2D eigenvalue weighted by molar-refractivity contribution is -0.132. The largest absolute Gasteiger partial charge is 0.508 e. The van der Waals surface area contributed by atoms with Crippen LogP contribution >= 0.6 is 0 Å². The molecule has 33 heavy (non-hydrogen) atoms. The summed E-state index contributed by atoms with van der Waals surface area (Å²) in [4.78, 5) is 27.4. The summed E-state index contributed by atoms with van der Waals surface area (Å²) in [6, 6.07) is 15.4. The summed E-state index contributed by atoms with van der Waals surface area (Å²) >= 11 is 0. The van der Waals surface area contributed by atoms with Gasteiger partial charge in [0.2, 0.25) is 0 Å². The van der Waals surface area contributed by atoms with E-state index in [1.165, 1.54) is 30.3 Å². The van der Waals surface area contributed by atoms with Gasteiger partial charge in [-0.15, -0.1) is 0 Å². The molecule has 0 spiro atoms. The third-order valence-electron chi connectivity index (χ3n) is 5.89. The van der Waals surface area contributed by atoms with Crippen molar-refractivity contribution < 1.29 is 28.9 Å². The highest BCUT2D eigenvalue weighted by molar-refractivity contribution is 6.51. The van der Waals surface area contributed by atoms with E-state index in [0.717, 1.165) is 16.5 Å². The number of ketones is 1. The summed E-state index contributed by atoms with van der Waals surface area (Å²) in [6.45, 7) is 1.94. The molecule has 0 bridgehead atoms. The Bertz CT molecular complexity index is 1330. The number of halogens is 1. The molecule has 2 heterocycles. The zero-order valence-corrected chi connectivity index (χ0v) is 17.7. The van der Waals surface area contributed by atoms with Crippen LogP contribution in [0.15, 0.2) is 72.3 Å². The molecular formula is C26H20FNO5. The number of benzene rings is 3. The van der Waals surface area contributed by atoms with Gasteiger partial charge in [0.15, 0.2) is 0 Å². The highest BCUT2D eigenvalue weighted by Gasteiger charge is 2.47. The van der Waals surface area contributed by atoms with E-state index in [2.05, 4.69) is 0 Å². The van der Waals surface area contributed by atoms with Crippen LogP contribution in [0.25, 0.3) is 5.76 Å². The average molecular weight is 445 g/mol. The van der Waals surface area contributed by atoms with E-state index in [0.29, 0.717) is 23.3 Å². The summed E-state index contributed by atoms with van der Waals surface area (Å²) in [6.07, 6.45) is 0.660. The number of hydrogen-bond acceptors (Lipinski definition) is 5. The molecule has 0 aromatic heterocycles. The first-order chi connectivity index (χ1) is 15.8. The standard InChI is InChI=1S/C26H20FNO5/c1-14-10-17-11-16(8-9-21(17)33-14)24(30)22-23(15-4-2-7-20(29)12-15)28(26(32)25(22)31)19-6-3-5-18(27)13-19/h2-9,11-14,23,29-30H,10H2,1H3/b24-22-. The lowest BCUT2D eigenvalue weighted by Gasteiger charge is -2.25. The van der Waals surface area contributed by atoms with Crippen molar-refractivity contribution in [1.29, 1.82) is 0 Å². The Balaban J connectivity index is 1.70. The number of nitrogens with zero attached hydrogens (tertiary/aromatic N) is 1. The van der Waals surface area contributed by atoms with E-state index in [1.807, 2.05) is 6.92 Å². The number of aromatic hydroxyl groups is 1. The number of anilines is 1. The van der Waals surface area contributed by atoms with Gasteiger partial charge in [0.25, 0.3) is 11.7 Å². The van der Waals surface area contributed by atoms with Gasteiger partial charge in [0.1, 0.15) is 29.2 Å². The average Bonchev–Trinajstić information content (AvgIpc) is 3.29. The third kappa shape index (κ3) is 3.51. The summed E-state index contributed by atoms with van der Waals surface area (Å²) in [7, 11) is 0. The summed E-state index contributed by atoms with van der Waals surface area (Å²) in [5.74, 6) is -2.06. The van der Waals surface area contributed by atoms with E-state index >= 15 is 0 Å². The van der Waals surface area contributed by atoms with Gasteiger partial charge < -0.3 is 14.9 Å². The molecule has 2 aliphatic heterocycles. The highest BCUT2D eigenvalue weighted by atomic mass is 19.1. The van der Waals surface area contributed by atoms with Crippen molar-refractivity contribution in [1.82, 2.24) is 0 Å². The number of amides is 1. The van der Waals surface area contributed by atoms with Crippen LogP contribution in [-0.4, -0.2) is 28.0 Å². The Kier molecular flexibility index (Phi) is 4.89. The topological polar surface area (TPSA) is 87.1 Å². The number of Topliss-reactive ketones (excluding diaryl/α,β-unsaturated/α-hetero) is 1. The van der Waals surface area contributed by atoms with Crippen LogP contribution in [0.5, 0.6) is 11.5 Å². The summed E-state index contributed by atoms with van der Waals surface area (Å²) in [5, 5.41) is 21.3. The second-order valence-corrected chi connectivity index (χ2v) is 8.20. The van der Waals surface area contributed by atoms with E-state index in [4.69, 9.17) is 4.74 Å². The van der Waals surface area contributed by atoms with Gasteiger partial charge >= 0.3 is 0 Å². The first kappa shape index (κ1) is 20.8. The molecule has 0 radical (unpaired) electrons. The van der Waals surface area contributed by atoms with Crippen molar-refractivity contribution >= 4 is 23.1 Å². The van der Waals surface area contributed by atoms with Crippen molar-refractivity contribution in [3.8, 4) is 11.5 Å². The van der Waals surface area contributed by atoms with Crippen molar-refractivity contribution in [2.45, 2.75) is 25.5 Å². The van der Waals surface area contributed by atoms with E-state index in [-0.39, 0.29) is 28.9 Å². The molecule has 6 nitrogen and oxygen atoms in total. The van der Waals surface area contributed by atoms with Gasteiger partial charge in [-0.2, -0.15) is 0 Å². The fourth-order valence-electron chi connectivity index (χ4n) is 4.46. The van der Waals surface area contributed by atoms with Crippen LogP contribution in [0.3, 0.4) is 0 Å². The van der Waals surface area contributed by atoms with Crippen LogP contribution in [0.1, 0.15) is 29.7 Å². The summed E-state index contributed by atoms with van der Waals surface area (Å²) in [5.41, 5.74) is 1.69.